The van der Waals surface area contributed by atoms with E-state index in [0.29, 0.717) is 5.56 Å². The SMILES string of the molecule is CC(C)(C)OC(=O)COc1ccc(C[C@H](NC(=O)OCC2c3ccccc3-c3ccccc32)C(=O)O)cc1OCC(=O)OC(C)(C)C. The summed E-state index contributed by atoms with van der Waals surface area (Å²) in [5.41, 5.74) is 3.20. The van der Waals surface area contributed by atoms with E-state index < -0.39 is 54.5 Å². The van der Waals surface area contributed by atoms with Crippen LogP contribution in [0.25, 0.3) is 11.1 Å². The highest BCUT2D eigenvalue weighted by atomic mass is 16.6. The number of ether oxygens (including phenoxy) is 5. The summed E-state index contributed by atoms with van der Waals surface area (Å²) in [7, 11) is 0. The fourth-order valence-electron chi connectivity index (χ4n) is 5.14. The number of esters is 2. The summed E-state index contributed by atoms with van der Waals surface area (Å²) in [6.45, 7) is 9.46. The molecule has 0 spiro atoms. The van der Waals surface area contributed by atoms with Crippen LogP contribution in [0.4, 0.5) is 4.79 Å². The largest absolute Gasteiger partial charge is 0.480 e. The monoisotopic (exact) mass is 647 g/mol. The predicted octanol–water partition coefficient (Wildman–Crippen LogP) is 5.66. The van der Waals surface area contributed by atoms with Gasteiger partial charge in [0.15, 0.2) is 24.7 Å². The van der Waals surface area contributed by atoms with Gasteiger partial charge in [0.1, 0.15) is 23.9 Å². The van der Waals surface area contributed by atoms with Crippen molar-refractivity contribution in [3.63, 3.8) is 0 Å². The molecule has 3 aromatic rings. The van der Waals surface area contributed by atoms with E-state index in [1.165, 1.54) is 12.1 Å². The second-order valence-corrected chi connectivity index (χ2v) is 13.1. The number of carboxylic acid groups (broad SMARTS) is 1. The molecule has 0 saturated heterocycles. The summed E-state index contributed by atoms with van der Waals surface area (Å²) in [4.78, 5) is 49.6. The summed E-state index contributed by atoms with van der Waals surface area (Å²) in [6, 6.07) is 19.0. The highest BCUT2D eigenvalue weighted by Crippen LogP contribution is 2.44. The van der Waals surface area contributed by atoms with Gasteiger partial charge in [-0.2, -0.15) is 0 Å². The van der Waals surface area contributed by atoms with Crippen molar-refractivity contribution >= 4 is 24.0 Å². The molecule has 11 nitrogen and oxygen atoms in total. The zero-order valence-electron chi connectivity index (χ0n) is 27.5. The number of carboxylic acids is 1. The van der Waals surface area contributed by atoms with Crippen LogP contribution in [0.5, 0.6) is 11.5 Å². The average molecular weight is 648 g/mol. The molecule has 0 heterocycles. The summed E-state index contributed by atoms with van der Waals surface area (Å²) < 4.78 is 27.4. The van der Waals surface area contributed by atoms with E-state index in [-0.39, 0.29) is 30.4 Å². The topological polar surface area (TPSA) is 147 Å². The fourth-order valence-corrected chi connectivity index (χ4v) is 5.14. The van der Waals surface area contributed by atoms with Crippen LogP contribution >= 0.6 is 0 Å². The lowest BCUT2D eigenvalue weighted by atomic mass is 9.98. The Kier molecular flexibility index (Phi) is 10.8. The molecule has 4 rings (SSSR count). The van der Waals surface area contributed by atoms with Crippen molar-refractivity contribution in [2.75, 3.05) is 19.8 Å². The number of amides is 1. The highest BCUT2D eigenvalue weighted by molar-refractivity contribution is 5.81. The van der Waals surface area contributed by atoms with Crippen LogP contribution in [0.3, 0.4) is 0 Å². The number of hydrogen-bond acceptors (Lipinski definition) is 9. The lowest BCUT2D eigenvalue weighted by Crippen LogP contribution is -2.42. The average Bonchev–Trinajstić information content (AvgIpc) is 3.30. The molecule has 1 aliphatic carbocycles. The maximum Gasteiger partial charge on any atom is 0.407 e. The van der Waals surface area contributed by atoms with Gasteiger partial charge in [-0.15, -0.1) is 0 Å². The molecule has 0 unspecified atom stereocenters. The van der Waals surface area contributed by atoms with Gasteiger partial charge in [0, 0.05) is 12.3 Å². The Labute approximate surface area is 274 Å². The van der Waals surface area contributed by atoms with E-state index in [1.807, 2.05) is 48.5 Å². The number of carbonyl (C=O) groups is 4. The predicted molar refractivity (Wildman–Crippen MR) is 172 cm³/mol. The van der Waals surface area contributed by atoms with E-state index in [1.54, 1.807) is 47.6 Å². The first kappa shape index (κ1) is 34.8. The van der Waals surface area contributed by atoms with Gasteiger partial charge in [-0.05, 0) is 81.5 Å². The Morgan fingerprint density at radius 3 is 1.77 bits per heavy atom. The van der Waals surface area contributed by atoms with Crippen LogP contribution in [0.2, 0.25) is 0 Å². The minimum absolute atomic E-state index is 0.0263. The van der Waals surface area contributed by atoms with Crippen molar-refractivity contribution in [1.82, 2.24) is 5.32 Å². The first-order chi connectivity index (χ1) is 22.1. The Balaban J connectivity index is 1.44. The van der Waals surface area contributed by atoms with Crippen molar-refractivity contribution < 1.29 is 48.0 Å². The molecule has 0 fully saturated rings. The van der Waals surface area contributed by atoms with E-state index in [2.05, 4.69) is 5.32 Å². The van der Waals surface area contributed by atoms with Gasteiger partial charge in [0.2, 0.25) is 0 Å². The number of carbonyl (C=O) groups excluding carboxylic acids is 3. The zero-order chi connectivity index (χ0) is 34.4. The third kappa shape index (κ3) is 9.96. The molecule has 1 amide bonds. The molecule has 1 atom stereocenters. The van der Waals surface area contributed by atoms with Crippen molar-refractivity contribution in [2.45, 2.75) is 71.1 Å². The van der Waals surface area contributed by atoms with Crippen LogP contribution < -0.4 is 14.8 Å². The maximum absolute atomic E-state index is 12.9. The van der Waals surface area contributed by atoms with Crippen LogP contribution in [0.1, 0.15) is 64.2 Å². The maximum atomic E-state index is 12.9. The molecule has 3 aromatic carbocycles. The number of hydrogen-bond donors (Lipinski definition) is 2. The number of fused-ring (bicyclic) bond motifs is 3. The summed E-state index contributed by atoms with van der Waals surface area (Å²) in [5.74, 6) is -2.52. The standard InChI is InChI=1S/C36H41NO10/c1-35(2,3)46-31(38)20-43-29-16-15-22(18-30(29)44-21-32(39)47-36(4,5)6)17-28(33(40)41)37-34(42)45-19-27-25-13-9-7-11-23(25)24-12-8-10-14-26(24)27/h7-16,18,27-28H,17,19-21H2,1-6H3,(H,37,42)(H,40,41)/t28-/m0/s1. The molecule has 2 N–H and O–H groups in total. The number of alkyl carbamates (subject to hydrolysis) is 1. The van der Waals surface area contributed by atoms with E-state index in [0.717, 1.165) is 22.3 Å². The first-order valence-electron chi connectivity index (χ1n) is 15.3. The van der Waals surface area contributed by atoms with E-state index in [9.17, 15) is 24.3 Å². The first-order valence-corrected chi connectivity index (χ1v) is 15.3. The molecule has 0 aliphatic heterocycles. The van der Waals surface area contributed by atoms with Gasteiger partial charge in [0.05, 0.1) is 0 Å². The van der Waals surface area contributed by atoms with Gasteiger partial charge in [-0.25, -0.2) is 19.2 Å². The van der Waals surface area contributed by atoms with E-state index in [4.69, 9.17) is 23.7 Å². The molecular weight excluding hydrogens is 606 g/mol. The Morgan fingerprint density at radius 2 is 1.26 bits per heavy atom. The zero-order valence-corrected chi connectivity index (χ0v) is 27.5. The third-order valence-electron chi connectivity index (χ3n) is 6.91. The number of benzene rings is 3. The van der Waals surface area contributed by atoms with Crippen molar-refractivity contribution in [3.05, 3.63) is 83.4 Å². The molecule has 250 valence electrons. The number of nitrogens with one attached hydrogen (secondary N) is 1. The van der Waals surface area contributed by atoms with Gasteiger partial charge < -0.3 is 34.1 Å². The van der Waals surface area contributed by atoms with Gasteiger partial charge in [-0.3, -0.25) is 0 Å². The van der Waals surface area contributed by atoms with Crippen LogP contribution in [-0.2, 0) is 35.0 Å². The van der Waals surface area contributed by atoms with Gasteiger partial charge >= 0.3 is 24.0 Å². The Morgan fingerprint density at radius 1 is 0.745 bits per heavy atom. The Bertz CT molecular complexity index is 1570. The molecule has 47 heavy (non-hydrogen) atoms. The fraction of sp³-hybridized carbons (Fsp3) is 0.389. The molecule has 0 saturated carbocycles. The third-order valence-corrected chi connectivity index (χ3v) is 6.91. The minimum atomic E-state index is -1.35. The summed E-state index contributed by atoms with van der Waals surface area (Å²) >= 11 is 0. The number of rotatable bonds is 12. The molecule has 0 aromatic heterocycles. The van der Waals surface area contributed by atoms with Crippen LogP contribution in [0.15, 0.2) is 66.7 Å². The van der Waals surface area contributed by atoms with Crippen molar-refractivity contribution in [1.29, 1.82) is 0 Å². The molecule has 11 heteroatoms. The lowest BCUT2D eigenvalue weighted by molar-refractivity contribution is -0.158. The smallest absolute Gasteiger partial charge is 0.407 e. The van der Waals surface area contributed by atoms with Gasteiger partial charge in [-0.1, -0.05) is 54.6 Å². The molecule has 0 radical (unpaired) electrons. The highest BCUT2D eigenvalue weighted by Gasteiger charge is 2.30. The lowest BCUT2D eigenvalue weighted by Gasteiger charge is -2.21. The van der Waals surface area contributed by atoms with Crippen LogP contribution in [0, 0.1) is 0 Å². The molecule has 0 bridgehead atoms. The quantitative estimate of drug-likeness (QED) is 0.186. The second-order valence-electron chi connectivity index (χ2n) is 13.1. The van der Waals surface area contributed by atoms with Crippen molar-refractivity contribution in [3.8, 4) is 22.6 Å². The summed E-state index contributed by atoms with van der Waals surface area (Å²) in [6.07, 6.45) is -1.02. The normalized spacial score (nSPS) is 13.1. The van der Waals surface area contributed by atoms with Gasteiger partial charge in [0.25, 0.3) is 0 Å². The number of aliphatic carboxylic acids is 1. The van der Waals surface area contributed by atoms with E-state index >= 15 is 0 Å². The molecular formula is C36H41NO10. The Hall–Kier alpha value is -5.06. The van der Waals surface area contributed by atoms with Crippen LogP contribution in [-0.4, -0.2) is 66.2 Å². The minimum Gasteiger partial charge on any atom is -0.480 e. The van der Waals surface area contributed by atoms with Crippen molar-refractivity contribution in [2.24, 2.45) is 0 Å². The second kappa shape index (κ2) is 14.6. The molecule has 1 aliphatic rings. The summed E-state index contributed by atoms with van der Waals surface area (Å²) in [5, 5.41) is 12.4.